The number of hydrogen-bond donors (Lipinski definition) is 1. The van der Waals surface area contributed by atoms with Crippen molar-refractivity contribution in [3.8, 4) is 0 Å². The summed E-state index contributed by atoms with van der Waals surface area (Å²) in [6.07, 6.45) is 1.66. The van der Waals surface area contributed by atoms with Crippen molar-refractivity contribution in [2.24, 2.45) is 0 Å². The maximum absolute atomic E-state index is 11.8. The molecule has 0 saturated carbocycles. The van der Waals surface area contributed by atoms with Crippen LogP contribution in [0.25, 0.3) is 10.9 Å². The van der Waals surface area contributed by atoms with Crippen molar-refractivity contribution in [1.29, 1.82) is 0 Å². The zero-order valence-electron chi connectivity index (χ0n) is 10.9. The fraction of sp³-hybridized carbons (Fsp3) is 0.286. The monoisotopic (exact) mass is 243 g/mol. The largest absolute Gasteiger partial charge is 0.375 e. The first-order valence-corrected chi connectivity index (χ1v) is 5.99. The molecule has 2 aromatic rings. The number of fused-ring (bicyclic) bond motifs is 1. The molecule has 0 bridgehead atoms. The van der Waals surface area contributed by atoms with Crippen molar-refractivity contribution in [3.63, 3.8) is 0 Å². The number of aromatic nitrogens is 1. The lowest BCUT2D eigenvalue weighted by Crippen LogP contribution is -2.19. The van der Waals surface area contributed by atoms with Crippen molar-refractivity contribution in [2.45, 2.75) is 6.92 Å². The molecule has 1 aromatic heterocycles. The zero-order chi connectivity index (χ0) is 13.1. The molecule has 1 N–H and O–H groups in total. The first kappa shape index (κ1) is 12.4. The van der Waals surface area contributed by atoms with Crippen molar-refractivity contribution in [2.75, 3.05) is 25.5 Å². The highest BCUT2D eigenvalue weighted by atomic mass is 16.1. The number of carbonyl (C=O) groups is 1. The van der Waals surface area contributed by atoms with Gasteiger partial charge in [-0.1, -0.05) is 0 Å². The number of pyridine rings is 1. The number of amides is 1. The highest BCUT2D eigenvalue weighted by Crippen LogP contribution is 2.23. The Bertz CT molecular complexity index is 580. The minimum absolute atomic E-state index is 0.0845. The molecule has 0 aliphatic carbocycles. The second-order valence-corrected chi connectivity index (χ2v) is 4.15. The van der Waals surface area contributed by atoms with Crippen LogP contribution in [0.1, 0.15) is 17.3 Å². The van der Waals surface area contributed by atoms with E-state index in [2.05, 4.69) is 22.1 Å². The van der Waals surface area contributed by atoms with Gasteiger partial charge in [0.15, 0.2) is 0 Å². The van der Waals surface area contributed by atoms with Gasteiger partial charge in [0, 0.05) is 37.9 Å². The minimum atomic E-state index is -0.0845. The SMILES string of the molecule is CCN(C)c1ccc2nccc(C(=O)NC)c2c1. The second kappa shape index (κ2) is 5.04. The van der Waals surface area contributed by atoms with Crippen LogP contribution in [0.4, 0.5) is 5.69 Å². The molecule has 0 atom stereocenters. The van der Waals surface area contributed by atoms with Crippen LogP contribution in [-0.2, 0) is 0 Å². The van der Waals surface area contributed by atoms with E-state index in [0.717, 1.165) is 23.1 Å². The van der Waals surface area contributed by atoms with Gasteiger partial charge in [0.25, 0.3) is 5.91 Å². The van der Waals surface area contributed by atoms with E-state index in [0.29, 0.717) is 5.56 Å². The van der Waals surface area contributed by atoms with Crippen LogP contribution < -0.4 is 10.2 Å². The summed E-state index contributed by atoms with van der Waals surface area (Å²) in [6.45, 7) is 3.01. The van der Waals surface area contributed by atoms with E-state index in [4.69, 9.17) is 0 Å². The van der Waals surface area contributed by atoms with Gasteiger partial charge in [-0.05, 0) is 31.2 Å². The number of hydrogen-bond acceptors (Lipinski definition) is 3. The molecule has 0 fully saturated rings. The molecule has 0 unspecified atom stereocenters. The van der Waals surface area contributed by atoms with Crippen LogP contribution in [0, 0.1) is 0 Å². The number of anilines is 1. The normalized spacial score (nSPS) is 10.4. The average molecular weight is 243 g/mol. The van der Waals surface area contributed by atoms with E-state index in [-0.39, 0.29) is 5.91 Å². The van der Waals surface area contributed by atoms with Gasteiger partial charge >= 0.3 is 0 Å². The fourth-order valence-corrected chi connectivity index (χ4v) is 1.89. The maximum Gasteiger partial charge on any atom is 0.251 e. The Labute approximate surface area is 107 Å². The summed E-state index contributed by atoms with van der Waals surface area (Å²) in [6, 6.07) is 7.73. The van der Waals surface area contributed by atoms with Gasteiger partial charge in [-0.15, -0.1) is 0 Å². The molecule has 1 amide bonds. The van der Waals surface area contributed by atoms with Gasteiger partial charge in [0.1, 0.15) is 0 Å². The number of carbonyl (C=O) groups excluding carboxylic acids is 1. The van der Waals surface area contributed by atoms with E-state index < -0.39 is 0 Å². The minimum Gasteiger partial charge on any atom is -0.375 e. The van der Waals surface area contributed by atoms with Crippen LogP contribution in [0.3, 0.4) is 0 Å². The first-order chi connectivity index (χ1) is 8.67. The van der Waals surface area contributed by atoms with E-state index in [1.807, 2.05) is 25.2 Å². The van der Waals surface area contributed by atoms with Crippen molar-refractivity contribution in [3.05, 3.63) is 36.0 Å². The smallest absolute Gasteiger partial charge is 0.251 e. The molecular weight excluding hydrogens is 226 g/mol. The van der Waals surface area contributed by atoms with Crippen molar-refractivity contribution < 1.29 is 4.79 Å². The third-order valence-corrected chi connectivity index (χ3v) is 3.11. The van der Waals surface area contributed by atoms with Gasteiger partial charge in [-0.25, -0.2) is 0 Å². The predicted molar refractivity (Wildman–Crippen MR) is 74.1 cm³/mol. The number of rotatable bonds is 3. The zero-order valence-corrected chi connectivity index (χ0v) is 10.9. The molecule has 0 radical (unpaired) electrons. The Morgan fingerprint density at radius 1 is 1.39 bits per heavy atom. The number of benzene rings is 1. The molecule has 4 nitrogen and oxygen atoms in total. The van der Waals surface area contributed by atoms with Crippen LogP contribution >= 0.6 is 0 Å². The Morgan fingerprint density at radius 3 is 2.83 bits per heavy atom. The molecule has 94 valence electrons. The molecule has 2 rings (SSSR count). The van der Waals surface area contributed by atoms with Gasteiger partial charge in [-0.2, -0.15) is 0 Å². The van der Waals surface area contributed by atoms with Crippen LogP contribution in [-0.4, -0.2) is 31.5 Å². The summed E-state index contributed by atoms with van der Waals surface area (Å²) in [5.41, 5.74) is 2.58. The van der Waals surface area contributed by atoms with Crippen molar-refractivity contribution >= 4 is 22.5 Å². The van der Waals surface area contributed by atoms with Gasteiger partial charge in [0.2, 0.25) is 0 Å². The summed E-state index contributed by atoms with van der Waals surface area (Å²) in [4.78, 5) is 18.2. The molecule has 0 saturated heterocycles. The van der Waals surface area contributed by atoms with Crippen LogP contribution in [0.2, 0.25) is 0 Å². The second-order valence-electron chi connectivity index (χ2n) is 4.15. The van der Waals surface area contributed by atoms with Gasteiger partial charge < -0.3 is 10.2 Å². The molecule has 18 heavy (non-hydrogen) atoms. The van der Waals surface area contributed by atoms with E-state index in [1.165, 1.54) is 0 Å². The number of nitrogens with one attached hydrogen (secondary N) is 1. The fourth-order valence-electron chi connectivity index (χ4n) is 1.89. The van der Waals surface area contributed by atoms with Gasteiger partial charge in [0.05, 0.1) is 11.1 Å². The topological polar surface area (TPSA) is 45.2 Å². The lowest BCUT2D eigenvalue weighted by molar-refractivity contribution is 0.0964. The first-order valence-electron chi connectivity index (χ1n) is 5.99. The van der Waals surface area contributed by atoms with E-state index in [1.54, 1.807) is 19.3 Å². The standard InChI is InChI=1S/C14H17N3O/c1-4-17(3)10-5-6-13-12(9-10)11(7-8-16-13)14(18)15-2/h5-9H,4H2,1-3H3,(H,15,18). The molecular formula is C14H17N3O. The van der Waals surface area contributed by atoms with Crippen LogP contribution in [0.5, 0.6) is 0 Å². The maximum atomic E-state index is 11.8. The van der Waals surface area contributed by atoms with E-state index >= 15 is 0 Å². The molecule has 4 heteroatoms. The average Bonchev–Trinajstić information content (AvgIpc) is 2.44. The lowest BCUT2D eigenvalue weighted by atomic mass is 10.1. The predicted octanol–water partition coefficient (Wildman–Crippen LogP) is 2.05. The van der Waals surface area contributed by atoms with Gasteiger partial charge in [-0.3, -0.25) is 9.78 Å². The van der Waals surface area contributed by atoms with E-state index in [9.17, 15) is 4.79 Å². The number of nitrogens with zero attached hydrogens (tertiary/aromatic N) is 2. The third-order valence-electron chi connectivity index (χ3n) is 3.11. The Balaban J connectivity index is 2.62. The highest BCUT2D eigenvalue weighted by Gasteiger charge is 2.10. The molecule has 1 aromatic carbocycles. The molecule has 1 heterocycles. The Kier molecular flexibility index (Phi) is 3.46. The summed E-state index contributed by atoms with van der Waals surface area (Å²) in [5.74, 6) is -0.0845. The highest BCUT2D eigenvalue weighted by molar-refractivity contribution is 6.06. The quantitative estimate of drug-likeness (QED) is 0.897. The van der Waals surface area contributed by atoms with Crippen molar-refractivity contribution in [1.82, 2.24) is 10.3 Å². The van der Waals surface area contributed by atoms with Crippen LogP contribution in [0.15, 0.2) is 30.5 Å². The summed E-state index contributed by atoms with van der Waals surface area (Å²) in [5, 5.41) is 3.54. The summed E-state index contributed by atoms with van der Waals surface area (Å²) < 4.78 is 0. The molecule has 0 aliphatic heterocycles. The Morgan fingerprint density at radius 2 is 2.17 bits per heavy atom. The third kappa shape index (κ3) is 2.14. The molecule has 0 spiro atoms. The summed E-state index contributed by atoms with van der Waals surface area (Å²) >= 11 is 0. The molecule has 0 aliphatic rings. The summed E-state index contributed by atoms with van der Waals surface area (Å²) in [7, 11) is 3.66. The Hall–Kier alpha value is -2.10. The lowest BCUT2D eigenvalue weighted by Gasteiger charge is -2.17.